The maximum atomic E-state index is 13.7. The number of unbranched alkanes of at least 4 members (excludes halogenated alkanes) is 1. The monoisotopic (exact) mass is 561 g/mol. The molecule has 0 bridgehead atoms. The van der Waals surface area contributed by atoms with Crippen LogP contribution in [0.2, 0.25) is 0 Å². The Morgan fingerprint density at radius 2 is 1.60 bits per heavy atom. The molecule has 0 unspecified atom stereocenters. The molecule has 4 amide bonds. The highest BCUT2D eigenvalue weighted by Crippen LogP contribution is 2.20. The molecule has 10 heteroatoms. The van der Waals surface area contributed by atoms with Gasteiger partial charge >= 0.3 is 6.09 Å². The fourth-order valence-corrected chi connectivity index (χ4v) is 4.07. The standard InChI is InChI=1S/C30H51N5O5/c1-20(2)17-25(35(26(36)15-11-12-16-31)29(39)40-30(5,6)7)28(38)34-24(21(3)4)19-33-27(37)23(32)18-22-13-9-8-10-14-22/h8-10,13-14,20-21,23-25H,11-12,15-19,31-32H2,1-7H3,(H,33,37)(H,34,38)/t23-,24+,25-/m0/s1. The van der Waals surface area contributed by atoms with Crippen LogP contribution in [0.1, 0.15) is 79.7 Å². The molecule has 6 N–H and O–H groups in total. The van der Waals surface area contributed by atoms with E-state index in [2.05, 4.69) is 10.6 Å². The lowest BCUT2D eigenvalue weighted by molar-refractivity contribution is -0.140. The maximum Gasteiger partial charge on any atom is 0.417 e. The summed E-state index contributed by atoms with van der Waals surface area (Å²) in [4.78, 5) is 53.9. The first-order valence-corrected chi connectivity index (χ1v) is 14.3. The van der Waals surface area contributed by atoms with Gasteiger partial charge in [-0.25, -0.2) is 9.69 Å². The van der Waals surface area contributed by atoms with Gasteiger partial charge in [-0.3, -0.25) is 14.4 Å². The van der Waals surface area contributed by atoms with Crippen molar-refractivity contribution in [3.8, 4) is 0 Å². The maximum absolute atomic E-state index is 13.7. The van der Waals surface area contributed by atoms with Crippen molar-refractivity contribution in [2.24, 2.45) is 23.3 Å². The van der Waals surface area contributed by atoms with Crippen molar-refractivity contribution in [2.45, 2.75) is 104 Å². The van der Waals surface area contributed by atoms with Crippen molar-refractivity contribution < 1.29 is 23.9 Å². The largest absolute Gasteiger partial charge is 0.443 e. The molecular formula is C30H51N5O5. The topological polar surface area (TPSA) is 157 Å². The highest BCUT2D eigenvalue weighted by Gasteiger charge is 2.38. The molecule has 1 rings (SSSR count). The van der Waals surface area contributed by atoms with Crippen LogP contribution in [-0.4, -0.2) is 65.5 Å². The highest BCUT2D eigenvalue weighted by molar-refractivity contribution is 5.98. The van der Waals surface area contributed by atoms with Gasteiger partial charge in [0, 0.05) is 19.0 Å². The lowest BCUT2D eigenvalue weighted by atomic mass is 9.98. The van der Waals surface area contributed by atoms with Crippen LogP contribution in [0.15, 0.2) is 30.3 Å². The molecule has 1 aromatic carbocycles. The Kier molecular flexibility index (Phi) is 14.9. The summed E-state index contributed by atoms with van der Waals surface area (Å²) < 4.78 is 5.54. The number of hydrogen-bond acceptors (Lipinski definition) is 7. The minimum Gasteiger partial charge on any atom is -0.443 e. The summed E-state index contributed by atoms with van der Waals surface area (Å²) >= 11 is 0. The number of nitrogens with two attached hydrogens (primary N) is 2. The Morgan fingerprint density at radius 3 is 2.12 bits per heavy atom. The molecule has 226 valence electrons. The second-order valence-electron chi connectivity index (χ2n) is 12.0. The minimum atomic E-state index is -1.07. The summed E-state index contributed by atoms with van der Waals surface area (Å²) in [6.07, 6.45) is 0.977. The van der Waals surface area contributed by atoms with Crippen molar-refractivity contribution in [3.05, 3.63) is 35.9 Å². The first-order valence-electron chi connectivity index (χ1n) is 14.3. The molecule has 0 spiro atoms. The van der Waals surface area contributed by atoms with E-state index in [-0.39, 0.29) is 37.1 Å². The lowest BCUT2D eigenvalue weighted by Crippen LogP contribution is -2.58. The molecule has 3 atom stereocenters. The van der Waals surface area contributed by atoms with E-state index in [4.69, 9.17) is 16.2 Å². The number of ether oxygens (including phenoxy) is 1. The second kappa shape index (κ2) is 17.0. The quantitative estimate of drug-likeness (QED) is 0.240. The van der Waals surface area contributed by atoms with Gasteiger partial charge in [-0.15, -0.1) is 0 Å². The number of carbonyl (C=O) groups is 4. The Morgan fingerprint density at radius 1 is 0.975 bits per heavy atom. The minimum absolute atomic E-state index is 0.00529. The van der Waals surface area contributed by atoms with Crippen LogP contribution in [0, 0.1) is 11.8 Å². The number of hydrogen-bond donors (Lipinski definition) is 4. The molecule has 0 aliphatic carbocycles. The van der Waals surface area contributed by atoms with Gasteiger partial charge in [0.05, 0.1) is 6.04 Å². The van der Waals surface area contributed by atoms with Crippen LogP contribution in [0.5, 0.6) is 0 Å². The average Bonchev–Trinajstić information content (AvgIpc) is 2.85. The van der Waals surface area contributed by atoms with Gasteiger partial charge in [0.1, 0.15) is 11.6 Å². The molecule has 1 aromatic rings. The fraction of sp³-hybridized carbons (Fsp3) is 0.667. The number of imide groups is 1. The number of benzene rings is 1. The molecule has 0 aliphatic rings. The van der Waals surface area contributed by atoms with Crippen LogP contribution < -0.4 is 22.1 Å². The number of amides is 4. The van der Waals surface area contributed by atoms with E-state index in [1.54, 1.807) is 20.8 Å². The number of rotatable bonds is 15. The summed E-state index contributed by atoms with van der Waals surface area (Å²) in [5, 5.41) is 5.82. The Hall–Kier alpha value is -2.98. The van der Waals surface area contributed by atoms with Crippen LogP contribution >= 0.6 is 0 Å². The van der Waals surface area contributed by atoms with Crippen LogP contribution in [0.3, 0.4) is 0 Å². The van der Waals surface area contributed by atoms with Crippen molar-refractivity contribution in [2.75, 3.05) is 13.1 Å². The van der Waals surface area contributed by atoms with Crippen molar-refractivity contribution in [3.63, 3.8) is 0 Å². The van der Waals surface area contributed by atoms with E-state index in [0.29, 0.717) is 25.8 Å². The molecular weight excluding hydrogens is 510 g/mol. The van der Waals surface area contributed by atoms with Gasteiger partial charge in [-0.2, -0.15) is 0 Å². The van der Waals surface area contributed by atoms with E-state index in [1.807, 2.05) is 58.0 Å². The third-order valence-corrected chi connectivity index (χ3v) is 6.28. The van der Waals surface area contributed by atoms with Gasteiger partial charge in [0.2, 0.25) is 17.7 Å². The third-order valence-electron chi connectivity index (χ3n) is 6.28. The van der Waals surface area contributed by atoms with E-state index in [9.17, 15) is 19.2 Å². The molecule has 0 radical (unpaired) electrons. The predicted molar refractivity (Wildman–Crippen MR) is 157 cm³/mol. The zero-order valence-corrected chi connectivity index (χ0v) is 25.4. The SMILES string of the molecule is CC(C)C[C@@H](C(=O)N[C@H](CNC(=O)[C@@H](N)Cc1ccccc1)C(C)C)N(C(=O)CCCCN)C(=O)OC(C)(C)C. The highest BCUT2D eigenvalue weighted by atomic mass is 16.6. The molecule has 0 fully saturated rings. The zero-order valence-electron chi connectivity index (χ0n) is 25.4. The summed E-state index contributed by atoms with van der Waals surface area (Å²) in [6.45, 7) is 13.4. The number of carbonyl (C=O) groups excluding carboxylic acids is 4. The summed E-state index contributed by atoms with van der Waals surface area (Å²) in [7, 11) is 0. The van der Waals surface area contributed by atoms with Crippen molar-refractivity contribution in [1.82, 2.24) is 15.5 Å². The van der Waals surface area contributed by atoms with Gasteiger partial charge in [0.25, 0.3) is 0 Å². The second-order valence-corrected chi connectivity index (χ2v) is 12.0. The Balaban J connectivity index is 3.08. The molecule has 10 nitrogen and oxygen atoms in total. The molecule has 40 heavy (non-hydrogen) atoms. The van der Waals surface area contributed by atoms with Gasteiger partial charge in [-0.1, -0.05) is 58.0 Å². The summed E-state index contributed by atoms with van der Waals surface area (Å²) in [6, 6.07) is 7.23. The number of nitrogens with one attached hydrogen (secondary N) is 2. The summed E-state index contributed by atoms with van der Waals surface area (Å²) in [5.74, 6) is -1.33. The van der Waals surface area contributed by atoms with Crippen molar-refractivity contribution in [1.29, 1.82) is 0 Å². The fourth-order valence-electron chi connectivity index (χ4n) is 4.07. The third kappa shape index (κ3) is 12.9. The van der Waals surface area contributed by atoms with E-state index in [0.717, 1.165) is 10.5 Å². The zero-order chi connectivity index (χ0) is 30.5. The smallest absolute Gasteiger partial charge is 0.417 e. The first kappa shape index (κ1) is 35.0. The normalized spacial score (nSPS) is 13.9. The molecule has 0 aliphatic heterocycles. The van der Waals surface area contributed by atoms with Crippen LogP contribution in [0.25, 0.3) is 0 Å². The van der Waals surface area contributed by atoms with Gasteiger partial charge in [-0.05, 0) is 70.4 Å². The summed E-state index contributed by atoms with van der Waals surface area (Å²) in [5.41, 5.74) is 11.8. The molecule has 0 heterocycles. The number of nitrogens with zero attached hydrogens (tertiary/aromatic N) is 1. The Bertz CT molecular complexity index is 946. The Labute approximate surface area is 239 Å². The molecule has 0 aromatic heterocycles. The molecule has 0 saturated heterocycles. The van der Waals surface area contributed by atoms with Crippen LogP contribution in [-0.2, 0) is 25.5 Å². The van der Waals surface area contributed by atoms with Crippen LogP contribution in [0.4, 0.5) is 4.79 Å². The molecule has 0 saturated carbocycles. The first-order chi connectivity index (χ1) is 18.7. The van der Waals surface area contributed by atoms with Crippen molar-refractivity contribution >= 4 is 23.8 Å². The van der Waals surface area contributed by atoms with E-state index >= 15 is 0 Å². The van der Waals surface area contributed by atoms with Gasteiger partial charge in [0.15, 0.2) is 0 Å². The lowest BCUT2D eigenvalue weighted by Gasteiger charge is -2.34. The average molecular weight is 562 g/mol. The van der Waals surface area contributed by atoms with E-state index < -0.39 is 41.6 Å². The van der Waals surface area contributed by atoms with E-state index in [1.165, 1.54) is 0 Å². The van der Waals surface area contributed by atoms with Gasteiger partial charge < -0.3 is 26.8 Å². The predicted octanol–water partition coefficient (Wildman–Crippen LogP) is 3.12.